The molecule has 15 heavy (non-hydrogen) atoms. The summed E-state index contributed by atoms with van der Waals surface area (Å²) in [7, 11) is 0. The third kappa shape index (κ3) is 3.00. The van der Waals surface area contributed by atoms with E-state index in [0.29, 0.717) is 11.3 Å². The minimum Gasteiger partial charge on any atom is -0.368 e. The molecule has 0 aromatic heterocycles. The lowest BCUT2D eigenvalue weighted by Crippen LogP contribution is -2.45. The van der Waals surface area contributed by atoms with E-state index in [-0.39, 0.29) is 13.0 Å². The maximum absolute atomic E-state index is 11.7. The molecule has 0 radical (unpaired) electrons. The molecule has 8 heteroatoms. The molecule has 1 aliphatic rings. The number of hydrogen-bond donors (Lipinski definition) is 1. The summed E-state index contributed by atoms with van der Waals surface area (Å²) < 4.78 is 38.3. The van der Waals surface area contributed by atoms with E-state index in [2.05, 4.69) is 4.74 Å². The summed E-state index contributed by atoms with van der Waals surface area (Å²) in [5, 5.41) is 0. The molecule has 1 atom stereocenters. The molecule has 86 valence electrons. The molecule has 0 aromatic carbocycles. The number of carbonyl (C=O) groups excluding carboxylic acids is 2. The molecule has 0 aliphatic carbocycles. The summed E-state index contributed by atoms with van der Waals surface area (Å²) in [6, 6.07) is -1.00. The predicted molar refractivity (Wildman–Crippen MR) is 41.5 cm³/mol. The zero-order valence-electron chi connectivity index (χ0n) is 7.58. The SMILES string of the molecule is NC(=O)[C@@H]1CCCN1C(=O)OC(F)(F)F. The number of rotatable bonds is 1. The monoisotopic (exact) mass is 226 g/mol. The van der Waals surface area contributed by atoms with Gasteiger partial charge in [-0.15, -0.1) is 13.2 Å². The number of nitrogens with zero attached hydrogens (tertiary/aromatic N) is 1. The Morgan fingerprint density at radius 3 is 2.47 bits per heavy atom. The molecule has 0 spiro atoms. The topological polar surface area (TPSA) is 72.6 Å². The van der Waals surface area contributed by atoms with Crippen LogP contribution in [0.15, 0.2) is 0 Å². The summed E-state index contributed by atoms with van der Waals surface area (Å²) in [5.74, 6) is -0.827. The highest BCUT2D eigenvalue weighted by Gasteiger charge is 2.40. The number of halogens is 3. The second kappa shape index (κ2) is 3.95. The Balaban J connectivity index is 2.63. The number of amides is 2. The molecular weight excluding hydrogens is 217 g/mol. The number of carbonyl (C=O) groups is 2. The number of likely N-dealkylation sites (tertiary alicyclic amines) is 1. The Kier molecular flexibility index (Phi) is 3.06. The Morgan fingerprint density at radius 2 is 2.00 bits per heavy atom. The van der Waals surface area contributed by atoms with Crippen molar-refractivity contribution in [3.8, 4) is 0 Å². The van der Waals surface area contributed by atoms with Crippen LogP contribution in [0.4, 0.5) is 18.0 Å². The second-order valence-electron chi connectivity index (χ2n) is 3.07. The zero-order valence-corrected chi connectivity index (χ0v) is 7.58. The molecule has 0 unspecified atom stereocenters. The number of ether oxygens (including phenoxy) is 1. The molecule has 1 rings (SSSR count). The minimum absolute atomic E-state index is 0.0442. The van der Waals surface area contributed by atoms with Crippen molar-refractivity contribution in [3.05, 3.63) is 0 Å². The first-order valence-corrected chi connectivity index (χ1v) is 4.17. The van der Waals surface area contributed by atoms with Gasteiger partial charge in [-0.3, -0.25) is 9.69 Å². The van der Waals surface area contributed by atoms with Crippen LogP contribution in [0, 0.1) is 0 Å². The van der Waals surface area contributed by atoms with E-state index in [1.165, 1.54) is 0 Å². The summed E-state index contributed by atoms with van der Waals surface area (Å²) in [4.78, 5) is 22.4. The first-order valence-electron chi connectivity index (χ1n) is 4.17. The van der Waals surface area contributed by atoms with Crippen LogP contribution < -0.4 is 5.73 Å². The molecule has 2 N–H and O–H groups in total. The van der Waals surface area contributed by atoms with Crippen molar-refractivity contribution in [2.75, 3.05) is 6.54 Å². The summed E-state index contributed by atoms with van der Waals surface area (Å²) >= 11 is 0. The fourth-order valence-electron chi connectivity index (χ4n) is 1.44. The average molecular weight is 226 g/mol. The van der Waals surface area contributed by atoms with E-state index in [1.807, 2.05) is 0 Å². The van der Waals surface area contributed by atoms with E-state index < -0.39 is 24.4 Å². The van der Waals surface area contributed by atoms with Crippen LogP contribution in [0.3, 0.4) is 0 Å². The fourth-order valence-corrected chi connectivity index (χ4v) is 1.44. The van der Waals surface area contributed by atoms with Crippen LogP contribution in [-0.4, -0.2) is 35.8 Å². The van der Waals surface area contributed by atoms with Crippen molar-refractivity contribution < 1.29 is 27.5 Å². The van der Waals surface area contributed by atoms with Gasteiger partial charge >= 0.3 is 12.5 Å². The maximum atomic E-state index is 11.7. The van der Waals surface area contributed by atoms with E-state index in [1.54, 1.807) is 0 Å². The molecule has 1 aliphatic heterocycles. The van der Waals surface area contributed by atoms with Crippen molar-refractivity contribution in [3.63, 3.8) is 0 Å². The smallest absolute Gasteiger partial charge is 0.368 e. The Hall–Kier alpha value is -1.47. The highest BCUT2D eigenvalue weighted by molar-refractivity contribution is 5.84. The predicted octanol–water partition coefficient (Wildman–Crippen LogP) is 0.592. The van der Waals surface area contributed by atoms with Crippen molar-refractivity contribution in [2.45, 2.75) is 25.2 Å². The van der Waals surface area contributed by atoms with Gasteiger partial charge in [0.2, 0.25) is 5.91 Å². The third-order valence-electron chi connectivity index (χ3n) is 2.02. The first kappa shape index (κ1) is 11.6. The van der Waals surface area contributed by atoms with Crippen LogP contribution in [0.5, 0.6) is 0 Å². The molecule has 0 bridgehead atoms. The largest absolute Gasteiger partial charge is 0.576 e. The lowest BCUT2D eigenvalue weighted by Gasteiger charge is -2.21. The summed E-state index contributed by atoms with van der Waals surface area (Å²) in [6.45, 7) is 0.0442. The Morgan fingerprint density at radius 1 is 1.40 bits per heavy atom. The lowest BCUT2D eigenvalue weighted by atomic mass is 10.2. The van der Waals surface area contributed by atoms with Gasteiger partial charge in [-0.2, -0.15) is 0 Å². The molecule has 1 fully saturated rings. The molecule has 1 heterocycles. The van der Waals surface area contributed by atoms with Gasteiger partial charge in [0.05, 0.1) is 0 Å². The van der Waals surface area contributed by atoms with Gasteiger partial charge in [0.1, 0.15) is 6.04 Å². The molecule has 0 aromatic rings. The number of nitrogens with two attached hydrogens (primary N) is 1. The van der Waals surface area contributed by atoms with Gasteiger partial charge in [-0.1, -0.05) is 0 Å². The van der Waals surface area contributed by atoms with Crippen LogP contribution in [0.25, 0.3) is 0 Å². The molecular formula is C7H9F3N2O3. The van der Waals surface area contributed by atoms with Gasteiger partial charge in [0, 0.05) is 6.54 Å². The summed E-state index contributed by atoms with van der Waals surface area (Å²) in [5.41, 5.74) is 4.92. The molecule has 5 nitrogen and oxygen atoms in total. The molecule has 1 saturated heterocycles. The highest BCUT2D eigenvalue weighted by Crippen LogP contribution is 2.23. The quantitative estimate of drug-likeness (QED) is 0.711. The van der Waals surface area contributed by atoms with Crippen molar-refractivity contribution in [1.82, 2.24) is 4.90 Å². The lowest BCUT2D eigenvalue weighted by molar-refractivity contribution is -0.294. The van der Waals surface area contributed by atoms with Crippen LogP contribution in [-0.2, 0) is 9.53 Å². The molecule has 0 saturated carbocycles. The minimum atomic E-state index is -5.04. The van der Waals surface area contributed by atoms with Crippen LogP contribution in [0.1, 0.15) is 12.8 Å². The Labute approximate surface area is 83.0 Å². The zero-order chi connectivity index (χ0) is 11.6. The van der Waals surface area contributed by atoms with E-state index in [9.17, 15) is 22.8 Å². The van der Waals surface area contributed by atoms with Crippen molar-refractivity contribution in [2.24, 2.45) is 5.73 Å². The Bertz CT molecular complexity index is 279. The average Bonchev–Trinajstić information content (AvgIpc) is 2.47. The van der Waals surface area contributed by atoms with Gasteiger partial charge in [-0.25, -0.2) is 4.79 Å². The fraction of sp³-hybridized carbons (Fsp3) is 0.714. The van der Waals surface area contributed by atoms with Gasteiger partial charge in [0.15, 0.2) is 0 Å². The van der Waals surface area contributed by atoms with Crippen LogP contribution >= 0.6 is 0 Å². The number of primary amides is 1. The normalized spacial score (nSPS) is 21.5. The van der Waals surface area contributed by atoms with E-state index >= 15 is 0 Å². The van der Waals surface area contributed by atoms with Gasteiger partial charge < -0.3 is 10.5 Å². The number of hydrogen-bond acceptors (Lipinski definition) is 3. The third-order valence-corrected chi connectivity index (χ3v) is 2.02. The highest BCUT2D eigenvalue weighted by atomic mass is 19.4. The van der Waals surface area contributed by atoms with Gasteiger partial charge in [-0.05, 0) is 12.8 Å². The number of alkyl halides is 3. The van der Waals surface area contributed by atoms with E-state index in [4.69, 9.17) is 5.73 Å². The van der Waals surface area contributed by atoms with Crippen molar-refractivity contribution in [1.29, 1.82) is 0 Å². The maximum Gasteiger partial charge on any atom is 0.576 e. The van der Waals surface area contributed by atoms with Gasteiger partial charge in [0.25, 0.3) is 0 Å². The molecule has 2 amide bonds. The summed E-state index contributed by atoms with van der Waals surface area (Å²) in [6.07, 6.45) is -5.92. The van der Waals surface area contributed by atoms with Crippen LogP contribution in [0.2, 0.25) is 0 Å². The van der Waals surface area contributed by atoms with Crippen molar-refractivity contribution >= 4 is 12.0 Å². The standard InChI is InChI=1S/C7H9F3N2O3/c8-7(9,10)15-6(14)12-3-1-2-4(12)5(11)13/h4H,1-3H2,(H2,11,13)/t4-/m0/s1. The second-order valence-corrected chi connectivity index (χ2v) is 3.07. The first-order chi connectivity index (χ1) is 6.81. The van der Waals surface area contributed by atoms with E-state index in [0.717, 1.165) is 0 Å².